The smallest absolute Gasteiger partial charge is 0.401 e. The van der Waals surface area contributed by atoms with Crippen molar-refractivity contribution in [1.29, 1.82) is 0 Å². The number of alkyl halides is 3. The number of carboxylic acid groups (broad SMARTS) is 1. The second kappa shape index (κ2) is 5.16. The van der Waals surface area contributed by atoms with Gasteiger partial charge in [-0.2, -0.15) is 13.2 Å². The van der Waals surface area contributed by atoms with Crippen LogP contribution in [0.15, 0.2) is 24.3 Å². The highest BCUT2D eigenvalue weighted by molar-refractivity contribution is 6.30. The predicted octanol–water partition coefficient (Wildman–Crippen LogP) is 2.79. The maximum Gasteiger partial charge on any atom is 0.401 e. The number of halogens is 4. The second-order valence-electron chi connectivity index (χ2n) is 3.91. The van der Waals surface area contributed by atoms with Crippen molar-refractivity contribution >= 4 is 17.6 Å². The number of carboxylic acids is 1. The maximum atomic E-state index is 12.2. The van der Waals surface area contributed by atoms with Crippen LogP contribution in [-0.2, 0) is 10.3 Å². The third kappa shape index (κ3) is 3.61. The first-order valence-electron chi connectivity index (χ1n) is 4.96. The number of carbonyl (C=O) groups is 1. The molecule has 1 atom stereocenters. The van der Waals surface area contributed by atoms with E-state index in [1.54, 1.807) is 0 Å². The summed E-state index contributed by atoms with van der Waals surface area (Å²) >= 11 is 5.70. The van der Waals surface area contributed by atoms with Crippen molar-refractivity contribution < 1.29 is 23.1 Å². The zero-order chi connectivity index (χ0) is 14.0. The second-order valence-corrected chi connectivity index (χ2v) is 4.35. The van der Waals surface area contributed by atoms with Crippen LogP contribution in [0.3, 0.4) is 0 Å². The summed E-state index contributed by atoms with van der Waals surface area (Å²) in [5, 5.41) is 11.4. The van der Waals surface area contributed by atoms with E-state index in [9.17, 15) is 18.0 Å². The molecular weight excluding hydrogens is 271 g/mol. The lowest BCUT2D eigenvalue weighted by Gasteiger charge is -2.27. The van der Waals surface area contributed by atoms with Crippen molar-refractivity contribution in [3.05, 3.63) is 34.9 Å². The van der Waals surface area contributed by atoms with Gasteiger partial charge >= 0.3 is 12.1 Å². The average Bonchev–Trinajstić information content (AvgIpc) is 2.24. The molecule has 0 fully saturated rings. The molecule has 0 saturated carbocycles. The van der Waals surface area contributed by atoms with Gasteiger partial charge in [0.05, 0.1) is 6.54 Å². The Balaban J connectivity index is 3.04. The van der Waals surface area contributed by atoms with Crippen molar-refractivity contribution in [2.45, 2.75) is 18.6 Å². The molecule has 1 aromatic carbocycles. The van der Waals surface area contributed by atoms with Gasteiger partial charge in [0.15, 0.2) is 0 Å². The zero-order valence-corrected chi connectivity index (χ0v) is 10.1. The Bertz CT molecular complexity index is 450. The van der Waals surface area contributed by atoms with Crippen LogP contribution in [0.4, 0.5) is 13.2 Å². The monoisotopic (exact) mass is 281 g/mol. The first-order chi connectivity index (χ1) is 8.15. The van der Waals surface area contributed by atoms with Crippen LogP contribution >= 0.6 is 11.6 Å². The van der Waals surface area contributed by atoms with E-state index in [1.165, 1.54) is 24.3 Å². The summed E-state index contributed by atoms with van der Waals surface area (Å²) in [7, 11) is 0. The van der Waals surface area contributed by atoms with Crippen LogP contribution in [0, 0.1) is 0 Å². The molecule has 0 amide bonds. The first kappa shape index (κ1) is 14.8. The summed E-state index contributed by atoms with van der Waals surface area (Å²) in [5.74, 6) is -1.41. The summed E-state index contributed by atoms with van der Waals surface area (Å²) in [5.41, 5.74) is -1.69. The number of rotatable bonds is 4. The number of aliphatic carboxylic acids is 1. The lowest BCUT2D eigenvalue weighted by atomic mass is 9.92. The molecule has 0 bridgehead atoms. The van der Waals surface area contributed by atoms with E-state index in [2.05, 4.69) is 0 Å². The van der Waals surface area contributed by atoms with Gasteiger partial charge in [0.2, 0.25) is 0 Å². The molecule has 3 nitrogen and oxygen atoms in total. The van der Waals surface area contributed by atoms with Gasteiger partial charge < -0.3 is 5.11 Å². The molecule has 1 unspecified atom stereocenters. The van der Waals surface area contributed by atoms with Gasteiger partial charge in [0, 0.05) is 5.02 Å². The molecule has 2 N–H and O–H groups in total. The van der Waals surface area contributed by atoms with Crippen LogP contribution in [0.2, 0.25) is 5.02 Å². The van der Waals surface area contributed by atoms with Gasteiger partial charge in [0.1, 0.15) is 5.54 Å². The molecule has 0 aliphatic carbocycles. The molecule has 0 aliphatic rings. The Kier molecular flexibility index (Phi) is 4.24. The highest BCUT2D eigenvalue weighted by atomic mass is 35.5. The van der Waals surface area contributed by atoms with Crippen molar-refractivity contribution in [3.63, 3.8) is 0 Å². The zero-order valence-electron chi connectivity index (χ0n) is 9.38. The molecule has 0 aromatic heterocycles. The lowest BCUT2D eigenvalue weighted by molar-refractivity contribution is -0.150. The molecule has 0 saturated heterocycles. The Morgan fingerprint density at radius 1 is 1.44 bits per heavy atom. The molecule has 0 aliphatic heterocycles. The van der Waals surface area contributed by atoms with Gasteiger partial charge in [-0.05, 0) is 24.6 Å². The van der Waals surface area contributed by atoms with Crippen molar-refractivity contribution in [1.82, 2.24) is 5.32 Å². The topological polar surface area (TPSA) is 49.3 Å². The molecule has 0 radical (unpaired) electrons. The molecular formula is C11H11ClF3NO2. The van der Waals surface area contributed by atoms with E-state index in [0.29, 0.717) is 0 Å². The van der Waals surface area contributed by atoms with Gasteiger partial charge in [-0.3, -0.25) is 5.32 Å². The van der Waals surface area contributed by atoms with Gasteiger partial charge in [0.25, 0.3) is 0 Å². The fourth-order valence-corrected chi connectivity index (χ4v) is 1.57. The molecule has 100 valence electrons. The minimum atomic E-state index is -4.49. The van der Waals surface area contributed by atoms with E-state index in [4.69, 9.17) is 16.7 Å². The van der Waals surface area contributed by atoms with E-state index in [0.717, 1.165) is 6.92 Å². The number of hydrogen-bond acceptors (Lipinski definition) is 2. The molecule has 18 heavy (non-hydrogen) atoms. The first-order valence-corrected chi connectivity index (χ1v) is 5.34. The van der Waals surface area contributed by atoms with Crippen molar-refractivity contribution in [2.24, 2.45) is 0 Å². The van der Waals surface area contributed by atoms with Gasteiger partial charge in [-0.25, -0.2) is 4.79 Å². The standard InChI is InChI=1S/C11H11ClF3NO2/c1-10(9(17)18,16-6-11(13,14)15)7-3-2-4-8(12)5-7/h2-5,16H,6H2,1H3,(H,17,18). The molecule has 1 aromatic rings. The van der Waals surface area contributed by atoms with Crippen LogP contribution in [0.5, 0.6) is 0 Å². The Labute approximate surface area is 107 Å². The summed E-state index contributed by atoms with van der Waals surface area (Å²) in [6.07, 6.45) is -4.49. The number of nitrogens with one attached hydrogen (secondary N) is 1. The molecule has 0 spiro atoms. The largest absolute Gasteiger partial charge is 0.480 e. The number of benzene rings is 1. The van der Waals surface area contributed by atoms with E-state index in [-0.39, 0.29) is 10.6 Å². The quantitative estimate of drug-likeness (QED) is 0.892. The van der Waals surface area contributed by atoms with Crippen molar-refractivity contribution in [3.8, 4) is 0 Å². The molecule has 0 heterocycles. The summed E-state index contributed by atoms with van der Waals surface area (Å²) in [6, 6.07) is 5.72. The van der Waals surface area contributed by atoms with Gasteiger partial charge in [-0.15, -0.1) is 0 Å². The lowest BCUT2D eigenvalue weighted by Crippen LogP contribution is -2.50. The SMILES string of the molecule is CC(NCC(F)(F)F)(C(=O)O)c1cccc(Cl)c1. The highest BCUT2D eigenvalue weighted by Gasteiger charge is 2.39. The fraction of sp³-hybridized carbons (Fsp3) is 0.364. The summed E-state index contributed by atoms with van der Waals surface area (Å²) < 4.78 is 36.5. The van der Waals surface area contributed by atoms with Gasteiger partial charge in [-0.1, -0.05) is 23.7 Å². The minimum absolute atomic E-state index is 0.159. The fourth-order valence-electron chi connectivity index (χ4n) is 1.38. The molecule has 1 rings (SSSR count). The van der Waals surface area contributed by atoms with Crippen LogP contribution in [0.25, 0.3) is 0 Å². The van der Waals surface area contributed by atoms with Crippen LogP contribution in [-0.4, -0.2) is 23.8 Å². The van der Waals surface area contributed by atoms with E-state index < -0.39 is 24.2 Å². The minimum Gasteiger partial charge on any atom is -0.480 e. The summed E-state index contributed by atoms with van der Waals surface area (Å²) in [6.45, 7) is -0.241. The Morgan fingerprint density at radius 3 is 2.50 bits per heavy atom. The number of hydrogen-bond donors (Lipinski definition) is 2. The van der Waals surface area contributed by atoms with E-state index >= 15 is 0 Å². The normalized spacial score (nSPS) is 15.2. The maximum absolute atomic E-state index is 12.2. The van der Waals surface area contributed by atoms with Crippen LogP contribution < -0.4 is 5.32 Å². The molecule has 7 heteroatoms. The van der Waals surface area contributed by atoms with Crippen molar-refractivity contribution in [2.75, 3.05) is 6.54 Å². The third-order valence-corrected chi connectivity index (χ3v) is 2.71. The summed E-state index contributed by atoms with van der Waals surface area (Å²) in [4.78, 5) is 11.2. The Hall–Kier alpha value is -1.27. The highest BCUT2D eigenvalue weighted by Crippen LogP contribution is 2.25. The predicted molar refractivity (Wildman–Crippen MR) is 60.5 cm³/mol. The third-order valence-electron chi connectivity index (χ3n) is 2.47. The van der Waals surface area contributed by atoms with E-state index in [1.807, 2.05) is 5.32 Å². The van der Waals surface area contributed by atoms with Crippen LogP contribution in [0.1, 0.15) is 12.5 Å². The Morgan fingerprint density at radius 2 is 2.06 bits per heavy atom. The average molecular weight is 282 g/mol.